The van der Waals surface area contributed by atoms with E-state index in [4.69, 9.17) is 9.47 Å². The number of alkyl halides is 3. The molecule has 0 amide bonds. The highest BCUT2D eigenvalue weighted by Gasteiger charge is 2.28. The number of rotatable bonds is 7. The van der Waals surface area contributed by atoms with Gasteiger partial charge in [-0.1, -0.05) is 12.1 Å². The molecule has 2 aromatic rings. The van der Waals surface area contributed by atoms with Crippen LogP contribution in [-0.4, -0.2) is 32.0 Å². The van der Waals surface area contributed by atoms with Crippen molar-refractivity contribution in [3.8, 4) is 17.4 Å². The summed E-state index contributed by atoms with van der Waals surface area (Å²) in [6, 6.07) is 8.46. The molecule has 1 heterocycles. The molecule has 0 fully saturated rings. The van der Waals surface area contributed by atoms with Gasteiger partial charge in [-0.05, 0) is 12.1 Å². The van der Waals surface area contributed by atoms with Crippen molar-refractivity contribution < 1.29 is 27.4 Å². The van der Waals surface area contributed by atoms with Gasteiger partial charge in [0.2, 0.25) is 5.88 Å². The van der Waals surface area contributed by atoms with E-state index >= 15 is 0 Å². The fourth-order valence-electron chi connectivity index (χ4n) is 2.02. The molecule has 0 aliphatic rings. The average molecular weight is 342 g/mol. The molecule has 5 nitrogen and oxygen atoms in total. The fourth-order valence-corrected chi connectivity index (χ4v) is 2.02. The molecule has 0 saturated carbocycles. The molecule has 1 aromatic carbocycles. The van der Waals surface area contributed by atoms with Gasteiger partial charge in [0.15, 0.2) is 18.1 Å². The number of para-hydroxylation sites is 1. The highest BCUT2D eigenvalue weighted by atomic mass is 19.4. The zero-order valence-electron chi connectivity index (χ0n) is 13.2. The van der Waals surface area contributed by atoms with Crippen LogP contribution < -0.4 is 19.5 Å². The molecule has 0 unspecified atom stereocenters. The number of halogens is 3. The molecule has 8 heteroatoms. The van der Waals surface area contributed by atoms with E-state index < -0.39 is 12.8 Å². The van der Waals surface area contributed by atoms with Crippen LogP contribution in [0.15, 0.2) is 36.5 Å². The summed E-state index contributed by atoms with van der Waals surface area (Å²) in [7, 11) is 3.11. The Labute approximate surface area is 137 Å². The summed E-state index contributed by atoms with van der Waals surface area (Å²) in [5.74, 6) is 1.15. The van der Waals surface area contributed by atoms with Crippen molar-refractivity contribution in [2.45, 2.75) is 12.7 Å². The van der Waals surface area contributed by atoms with Crippen molar-refractivity contribution in [1.82, 2.24) is 4.98 Å². The molecular formula is C16H17F3N2O3. The Morgan fingerprint density at radius 3 is 2.46 bits per heavy atom. The number of nitrogens with one attached hydrogen (secondary N) is 1. The third kappa shape index (κ3) is 4.94. The first kappa shape index (κ1) is 17.7. The summed E-state index contributed by atoms with van der Waals surface area (Å²) >= 11 is 0. The van der Waals surface area contributed by atoms with Crippen molar-refractivity contribution in [3.63, 3.8) is 0 Å². The summed E-state index contributed by atoms with van der Waals surface area (Å²) < 4.78 is 51.3. The van der Waals surface area contributed by atoms with Gasteiger partial charge in [0.25, 0.3) is 0 Å². The van der Waals surface area contributed by atoms with Crippen molar-refractivity contribution in [3.05, 3.63) is 42.1 Å². The highest BCUT2D eigenvalue weighted by Crippen LogP contribution is 2.31. The Morgan fingerprint density at radius 2 is 1.88 bits per heavy atom. The molecule has 0 atom stereocenters. The van der Waals surface area contributed by atoms with Gasteiger partial charge in [-0.25, -0.2) is 4.98 Å². The van der Waals surface area contributed by atoms with Gasteiger partial charge in [-0.15, -0.1) is 0 Å². The molecule has 1 aromatic heterocycles. The lowest BCUT2D eigenvalue weighted by atomic mass is 10.2. The Hall–Kier alpha value is -2.64. The normalized spacial score (nSPS) is 11.0. The van der Waals surface area contributed by atoms with E-state index in [9.17, 15) is 13.2 Å². The maximum Gasteiger partial charge on any atom is 0.422 e. The smallest absolute Gasteiger partial charge is 0.422 e. The number of methoxy groups -OCH3 is 2. The number of hydrogen-bond donors (Lipinski definition) is 1. The molecule has 0 radical (unpaired) electrons. The van der Waals surface area contributed by atoms with Crippen LogP contribution in [-0.2, 0) is 6.54 Å². The Morgan fingerprint density at radius 1 is 1.08 bits per heavy atom. The largest absolute Gasteiger partial charge is 0.493 e. The number of nitrogens with zero attached hydrogens (tertiary/aromatic N) is 1. The van der Waals surface area contributed by atoms with E-state index in [2.05, 4.69) is 15.0 Å². The lowest BCUT2D eigenvalue weighted by molar-refractivity contribution is -0.154. The number of ether oxygens (including phenoxy) is 3. The van der Waals surface area contributed by atoms with Crippen molar-refractivity contribution >= 4 is 5.69 Å². The molecule has 0 saturated heterocycles. The maximum absolute atomic E-state index is 12.1. The van der Waals surface area contributed by atoms with E-state index in [0.29, 0.717) is 23.7 Å². The van der Waals surface area contributed by atoms with Crippen molar-refractivity contribution in [2.24, 2.45) is 0 Å². The van der Waals surface area contributed by atoms with Gasteiger partial charge in [-0.2, -0.15) is 13.2 Å². The molecule has 24 heavy (non-hydrogen) atoms. The minimum atomic E-state index is -4.39. The highest BCUT2D eigenvalue weighted by molar-refractivity contribution is 5.49. The van der Waals surface area contributed by atoms with Gasteiger partial charge in [-0.3, -0.25) is 0 Å². The first-order valence-electron chi connectivity index (χ1n) is 7.02. The summed E-state index contributed by atoms with van der Waals surface area (Å²) in [6.45, 7) is -0.932. The van der Waals surface area contributed by atoms with Crippen LogP contribution in [0.5, 0.6) is 17.4 Å². The number of anilines is 1. The Kier molecular flexibility index (Phi) is 5.73. The molecule has 0 spiro atoms. The number of aromatic nitrogens is 1. The van der Waals surface area contributed by atoms with Gasteiger partial charge in [0, 0.05) is 18.2 Å². The van der Waals surface area contributed by atoms with Gasteiger partial charge < -0.3 is 19.5 Å². The van der Waals surface area contributed by atoms with Crippen LogP contribution in [0.4, 0.5) is 18.9 Å². The third-order valence-electron chi connectivity index (χ3n) is 3.09. The summed E-state index contributed by atoms with van der Waals surface area (Å²) in [5.41, 5.74) is 1.51. The second kappa shape index (κ2) is 7.76. The van der Waals surface area contributed by atoms with E-state index in [-0.39, 0.29) is 5.88 Å². The zero-order chi connectivity index (χ0) is 17.6. The average Bonchev–Trinajstić information content (AvgIpc) is 2.57. The molecule has 0 aliphatic carbocycles. The van der Waals surface area contributed by atoms with Crippen LogP contribution in [0.1, 0.15) is 5.56 Å². The van der Waals surface area contributed by atoms with E-state index in [1.165, 1.54) is 12.3 Å². The Balaban J connectivity index is 1.98. The topological polar surface area (TPSA) is 52.6 Å². The summed E-state index contributed by atoms with van der Waals surface area (Å²) in [5, 5.41) is 3.11. The van der Waals surface area contributed by atoms with Crippen LogP contribution in [0.25, 0.3) is 0 Å². The quantitative estimate of drug-likeness (QED) is 0.832. The molecule has 2 rings (SSSR count). The van der Waals surface area contributed by atoms with Crippen molar-refractivity contribution in [2.75, 3.05) is 26.1 Å². The number of benzene rings is 1. The monoisotopic (exact) mass is 342 g/mol. The zero-order valence-corrected chi connectivity index (χ0v) is 13.2. The van der Waals surface area contributed by atoms with Crippen LogP contribution in [0, 0.1) is 0 Å². The molecule has 130 valence electrons. The Bertz CT molecular complexity index is 661. The second-order valence-electron chi connectivity index (χ2n) is 4.80. The summed E-state index contributed by atoms with van der Waals surface area (Å²) in [6.07, 6.45) is -2.99. The van der Waals surface area contributed by atoms with Gasteiger partial charge in [0.1, 0.15) is 0 Å². The van der Waals surface area contributed by atoms with Crippen LogP contribution in [0.2, 0.25) is 0 Å². The molecular weight excluding hydrogens is 325 g/mol. The molecule has 0 bridgehead atoms. The van der Waals surface area contributed by atoms with E-state index in [0.717, 1.165) is 5.56 Å². The third-order valence-corrected chi connectivity index (χ3v) is 3.09. The van der Waals surface area contributed by atoms with Gasteiger partial charge in [0.05, 0.1) is 26.1 Å². The fraction of sp³-hybridized carbons (Fsp3) is 0.312. The molecule has 1 N–H and O–H groups in total. The van der Waals surface area contributed by atoms with Crippen LogP contribution >= 0.6 is 0 Å². The minimum Gasteiger partial charge on any atom is -0.493 e. The van der Waals surface area contributed by atoms with Gasteiger partial charge >= 0.3 is 6.18 Å². The van der Waals surface area contributed by atoms with E-state index in [1.807, 2.05) is 12.1 Å². The van der Waals surface area contributed by atoms with Crippen LogP contribution in [0.3, 0.4) is 0 Å². The first-order valence-corrected chi connectivity index (χ1v) is 7.02. The SMILES string of the molecule is COc1cccc(CNc2ccc(OCC(F)(F)F)nc2)c1OC. The lowest BCUT2D eigenvalue weighted by Gasteiger charge is -2.14. The standard InChI is InChI=1S/C16H17F3N2O3/c1-22-13-5-3-4-11(15(13)23-2)8-20-12-6-7-14(21-9-12)24-10-16(17,18)19/h3-7,9,20H,8,10H2,1-2H3. The predicted octanol–water partition coefficient (Wildman–Crippen LogP) is 3.65. The van der Waals surface area contributed by atoms with E-state index in [1.54, 1.807) is 26.4 Å². The molecule has 0 aliphatic heterocycles. The minimum absolute atomic E-state index is 0.0863. The lowest BCUT2D eigenvalue weighted by Crippen LogP contribution is -2.19. The predicted molar refractivity (Wildman–Crippen MR) is 82.7 cm³/mol. The first-order chi connectivity index (χ1) is 11.4. The number of hydrogen-bond acceptors (Lipinski definition) is 5. The summed E-state index contributed by atoms with van der Waals surface area (Å²) in [4.78, 5) is 3.83. The van der Waals surface area contributed by atoms with Crippen molar-refractivity contribution in [1.29, 1.82) is 0 Å². The second-order valence-corrected chi connectivity index (χ2v) is 4.80. The maximum atomic E-state index is 12.1. The number of pyridine rings is 1.